The second-order valence-electron chi connectivity index (χ2n) is 14.9. The lowest BCUT2D eigenvalue weighted by Gasteiger charge is -2.40. The van der Waals surface area contributed by atoms with Gasteiger partial charge in [-0.3, -0.25) is 29.0 Å². The molecule has 44 heavy (non-hydrogen) atoms. The Bertz CT molecular complexity index is 1230. The number of hydrogen-bond acceptors (Lipinski definition) is 12. The van der Waals surface area contributed by atoms with Crippen LogP contribution in [0.25, 0.3) is 0 Å². The number of methoxy groups -OCH3 is 2. The van der Waals surface area contributed by atoms with Crippen LogP contribution in [0.5, 0.6) is 0 Å². The molecule has 14 heteroatoms. The number of fused-ring (bicyclic) bond motifs is 6. The van der Waals surface area contributed by atoms with E-state index in [1.807, 2.05) is 41.5 Å². The van der Waals surface area contributed by atoms with Crippen molar-refractivity contribution in [3.8, 4) is 0 Å². The molecule has 6 aliphatic rings. The molecule has 0 N–H and O–H groups in total. The molecule has 0 unspecified atom stereocenters. The summed E-state index contributed by atoms with van der Waals surface area (Å²) in [6.45, 7) is 14.8. The fourth-order valence-corrected chi connectivity index (χ4v) is 7.94. The van der Waals surface area contributed by atoms with Gasteiger partial charge in [0.15, 0.2) is 11.2 Å². The summed E-state index contributed by atoms with van der Waals surface area (Å²) in [4.78, 5) is 77.4. The van der Waals surface area contributed by atoms with Crippen LogP contribution < -0.4 is 0 Å². The molecular formula is C30H42N2O12. The molecule has 0 aromatic carbocycles. The summed E-state index contributed by atoms with van der Waals surface area (Å²) in [5.74, 6) is -4.06. The van der Waals surface area contributed by atoms with Gasteiger partial charge in [-0.1, -0.05) is 41.5 Å². The van der Waals surface area contributed by atoms with Crippen LogP contribution in [0, 0.1) is 22.7 Å². The van der Waals surface area contributed by atoms with Crippen molar-refractivity contribution in [3.05, 3.63) is 0 Å². The summed E-state index contributed by atoms with van der Waals surface area (Å²) in [6, 6.07) is 0. The van der Waals surface area contributed by atoms with Crippen LogP contribution in [0.1, 0.15) is 68.2 Å². The third-order valence-electron chi connectivity index (χ3n) is 10.2. The molecule has 0 saturated carbocycles. The average molecular weight is 623 g/mol. The Kier molecular flexibility index (Phi) is 7.03. The predicted octanol–water partition coefficient (Wildman–Crippen LogP) is 0.929. The normalized spacial score (nSPS) is 40.5. The molecule has 0 aliphatic carbocycles. The fraction of sp³-hybridized carbons (Fsp3) is 0.800. The quantitative estimate of drug-likeness (QED) is 0.317. The summed E-state index contributed by atoms with van der Waals surface area (Å²) >= 11 is 0. The fourth-order valence-electron chi connectivity index (χ4n) is 7.94. The molecule has 6 rings (SSSR count). The van der Waals surface area contributed by atoms with E-state index in [2.05, 4.69) is 0 Å². The molecule has 0 spiro atoms. The lowest BCUT2D eigenvalue weighted by molar-refractivity contribution is -0.176. The first kappa shape index (κ1) is 32.1. The van der Waals surface area contributed by atoms with E-state index in [0.29, 0.717) is 0 Å². The van der Waals surface area contributed by atoms with E-state index in [-0.39, 0.29) is 48.7 Å². The van der Waals surface area contributed by atoms with Crippen LogP contribution in [0.2, 0.25) is 0 Å². The zero-order valence-electron chi connectivity index (χ0n) is 26.9. The molecule has 6 saturated heterocycles. The van der Waals surface area contributed by atoms with Crippen LogP contribution in [0.15, 0.2) is 0 Å². The Balaban J connectivity index is 0.000000175. The van der Waals surface area contributed by atoms with E-state index in [0.717, 1.165) is 0 Å². The first-order valence-corrected chi connectivity index (χ1v) is 14.7. The Morgan fingerprint density at radius 2 is 1.00 bits per heavy atom. The summed E-state index contributed by atoms with van der Waals surface area (Å²) in [7, 11) is 2.52. The van der Waals surface area contributed by atoms with Crippen LogP contribution in [0.4, 0.5) is 0 Å². The molecule has 6 fully saturated rings. The molecule has 0 radical (unpaired) electrons. The highest BCUT2D eigenvalue weighted by Gasteiger charge is 2.81. The first-order chi connectivity index (χ1) is 20.2. The summed E-state index contributed by atoms with van der Waals surface area (Å²) in [5, 5.41) is 0. The van der Waals surface area contributed by atoms with Gasteiger partial charge in [0.1, 0.15) is 12.5 Å². The van der Waals surface area contributed by atoms with Crippen LogP contribution in [-0.4, -0.2) is 108 Å². The molecule has 0 aromatic rings. The predicted molar refractivity (Wildman–Crippen MR) is 147 cm³/mol. The average Bonchev–Trinajstić information content (AvgIpc) is 3.71. The molecule has 6 heterocycles. The van der Waals surface area contributed by atoms with Crippen molar-refractivity contribution in [1.82, 2.24) is 9.80 Å². The largest absolute Gasteiger partial charge is 0.467 e. The van der Waals surface area contributed by atoms with E-state index in [1.54, 1.807) is 13.8 Å². The van der Waals surface area contributed by atoms with Gasteiger partial charge in [0.25, 0.3) is 0 Å². The maximum atomic E-state index is 12.9. The number of hydrogen-bond donors (Lipinski definition) is 0. The molecular weight excluding hydrogens is 580 g/mol. The molecule has 0 aromatic heterocycles. The number of amides is 2. The minimum absolute atomic E-state index is 0.0125. The molecule has 8 atom stereocenters. The standard InChI is InChI=1S/2C15H21NO6/c2*1-13(2,3)11-16-10(18)8-6-9(17)22-14(8,4)15(16,7-21-11)12(19)20-5/h2*8,11H,6-7H2,1-5H3/t2*8-,11+,14-,15-/m11/s1. The number of nitrogens with zero attached hydrogens (tertiary/aromatic N) is 2. The molecule has 0 bridgehead atoms. The van der Waals surface area contributed by atoms with Crippen molar-refractivity contribution in [2.45, 2.75) is 103 Å². The van der Waals surface area contributed by atoms with E-state index >= 15 is 0 Å². The van der Waals surface area contributed by atoms with Gasteiger partial charge in [-0.25, -0.2) is 9.59 Å². The highest BCUT2D eigenvalue weighted by Crippen LogP contribution is 2.58. The van der Waals surface area contributed by atoms with Crippen LogP contribution in [-0.2, 0) is 57.2 Å². The van der Waals surface area contributed by atoms with Crippen molar-refractivity contribution in [3.63, 3.8) is 0 Å². The Morgan fingerprint density at radius 1 is 0.682 bits per heavy atom. The highest BCUT2D eigenvalue weighted by atomic mass is 16.6. The number of ether oxygens (including phenoxy) is 6. The van der Waals surface area contributed by atoms with E-state index in [4.69, 9.17) is 28.4 Å². The summed E-state index contributed by atoms with van der Waals surface area (Å²) in [6.07, 6.45) is -1.16. The van der Waals surface area contributed by atoms with Crippen molar-refractivity contribution < 1.29 is 57.2 Å². The van der Waals surface area contributed by atoms with Gasteiger partial charge in [0, 0.05) is 10.8 Å². The number of esters is 4. The molecule has 2 amide bonds. The van der Waals surface area contributed by atoms with Crippen LogP contribution >= 0.6 is 0 Å². The lowest BCUT2D eigenvalue weighted by atomic mass is 9.77. The van der Waals surface area contributed by atoms with Crippen molar-refractivity contribution >= 4 is 35.7 Å². The smallest absolute Gasteiger partial charge is 0.338 e. The van der Waals surface area contributed by atoms with Gasteiger partial charge in [-0.15, -0.1) is 0 Å². The van der Waals surface area contributed by atoms with Crippen LogP contribution in [0.3, 0.4) is 0 Å². The maximum absolute atomic E-state index is 12.9. The van der Waals surface area contributed by atoms with Crippen molar-refractivity contribution in [1.29, 1.82) is 0 Å². The highest BCUT2D eigenvalue weighted by molar-refractivity contribution is 6.01. The third-order valence-corrected chi connectivity index (χ3v) is 10.2. The minimum atomic E-state index is -1.41. The van der Waals surface area contributed by atoms with Gasteiger partial charge in [-0.05, 0) is 13.8 Å². The summed E-state index contributed by atoms with van der Waals surface area (Å²) in [5.41, 5.74) is -6.10. The number of carbonyl (C=O) groups excluding carboxylic acids is 6. The van der Waals surface area contributed by atoms with E-state index in [1.165, 1.54) is 24.0 Å². The number of rotatable bonds is 2. The van der Waals surface area contributed by atoms with E-state index < -0.39 is 70.4 Å². The Hall–Kier alpha value is -3.26. The Labute approximate surface area is 255 Å². The van der Waals surface area contributed by atoms with Gasteiger partial charge in [-0.2, -0.15) is 0 Å². The van der Waals surface area contributed by atoms with Gasteiger partial charge in [0.05, 0.1) is 52.1 Å². The maximum Gasteiger partial charge on any atom is 0.338 e. The van der Waals surface area contributed by atoms with Gasteiger partial charge < -0.3 is 28.4 Å². The Morgan fingerprint density at radius 3 is 1.27 bits per heavy atom. The zero-order valence-corrected chi connectivity index (χ0v) is 26.9. The SMILES string of the molecule is COC(=O)[C@@]12CO[C@@H](C(C)(C)C)N1C(=O)[C@H]1CC(=O)O[C@]12C.COC(=O)[C@@]12CO[C@@H](C(C)(C)C)N1C(=O)[C@H]1CC(=O)O[C@]12C. The molecule has 244 valence electrons. The van der Waals surface area contributed by atoms with Gasteiger partial charge >= 0.3 is 23.9 Å². The van der Waals surface area contributed by atoms with Crippen molar-refractivity contribution in [2.75, 3.05) is 27.4 Å². The zero-order chi connectivity index (χ0) is 33.0. The van der Waals surface area contributed by atoms with E-state index in [9.17, 15) is 28.8 Å². The number of carbonyl (C=O) groups is 6. The van der Waals surface area contributed by atoms with Gasteiger partial charge in [0.2, 0.25) is 22.9 Å². The minimum Gasteiger partial charge on any atom is -0.467 e. The molecule has 14 nitrogen and oxygen atoms in total. The van der Waals surface area contributed by atoms with Crippen molar-refractivity contribution in [2.24, 2.45) is 22.7 Å². The second-order valence-corrected chi connectivity index (χ2v) is 14.9. The molecule has 6 aliphatic heterocycles. The second kappa shape index (κ2) is 9.62. The summed E-state index contributed by atoms with van der Waals surface area (Å²) < 4.78 is 32.4. The third kappa shape index (κ3) is 3.78. The first-order valence-electron chi connectivity index (χ1n) is 14.7. The lowest BCUT2D eigenvalue weighted by Crippen LogP contribution is -2.64. The monoisotopic (exact) mass is 622 g/mol. The topological polar surface area (TPSA) is 164 Å².